The van der Waals surface area contributed by atoms with Crippen molar-refractivity contribution in [3.05, 3.63) is 41.2 Å². The number of hydrogen-bond donors (Lipinski definition) is 2. The highest BCUT2D eigenvalue weighted by Crippen LogP contribution is 2.35. The van der Waals surface area contributed by atoms with Crippen molar-refractivity contribution in [2.24, 2.45) is 7.05 Å². The van der Waals surface area contributed by atoms with Crippen LogP contribution in [0.1, 0.15) is 23.7 Å². The van der Waals surface area contributed by atoms with Gasteiger partial charge in [0.15, 0.2) is 0 Å². The van der Waals surface area contributed by atoms with E-state index in [1.807, 2.05) is 20.2 Å². The fourth-order valence-electron chi connectivity index (χ4n) is 2.14. The Bertz CT molecular complexity index is 632. The molecular weight excluding hydrogens is 281 g/mol. The smallest absolute Gasteiger partial charge is 0.398 e. The Morgan fingerprint density at radius 1 is 1.33 bits per heavy atom. The van der Waals surface area contributed by atoms with Crippen LogP contribution in [0.3, 0.4) is 0 Å². The number of aryl methyl sites for hydroxylation is 2. The lowest BCUT2D eigenvalue weighted by Crippen LogP contribution is -2.10. The maximum atomic E-state index is 12.8. The van der Waals surface area contributed by atoms with Gasteiger partial charge in [0.25, 0.3) is 0 Å². The first-order valence-electron chi connectivity index (χ1n) is 6.53. The highest BCUT2D eigenvalue weighted by molar-refractivity contribution is 5.58. The van der Waals surface area contributed by atoms with Gasteiger partial charge in [-0.1, -0.05) is 6.92 Å². The summed E-state index contributed by atoms with van der Waals surface area (Å²) in [4.78, 5) is 0. The molecule has 0 spiro atoms. The van der Waals surface area contributed by atoms with Crippen LogP contribution < -0.4 is 11.1 Å². The second kappa shape index (κ2) is 5.67. The van der Waals surface area contributed by atoms with Crippen LogP contribution in [0.15, 0.2) is 24.4 Å². The molecule has 0 saturated heterocycles. The minimum atomic E-state index is -4.45. The van der Waals surface area contributed by atoms with E-state index >= 15 is 0 Å². The Hall–Kier alpha value is -2.18. The number of halogens is 3. The number of aromatic nitrogens is 2. The van der Waals surface area contributed by atoms with E-state index in [9.17, 15) is 13.2 Å². The molecule has 0 saturated carbocycles. The van der Waals surface area contributed by atoms with E-state index in [-0.39, 0.29) is 5.69 Å². The Balaban J connectivity index is 2.17. The maximum absolute atomic E-state index is 12.8. The highest BCUT2D eigenvalue weighted by Gasteiger charge is 2.33. The molecule has 0 unspecified atom stereocenters. The molecule has 1 aromatic heterocycles. The van der Waals surface area contributed by atoms with Crippen LogP contribution in [0.2, 0.25) is 0 Å². The molecule has 2 rings (SSSR count). The topological polar surface area (TPSA) is 55.9 Å². The predicted molar refractivity (Wildman–Crippen MR) is 75.8 cm³/mol. The molecule has 0 atom stereocenters. The van der Waals surface area contributed by atoms with Crippen molar-refractivity contribution in [2.75, 3.05) is 11.1 Å². The van der Waals surface area contributed by atoms with Crippen molar-refractivity contribution in [3.63, 3.8) is 0 Å². The average molecular weight is 298 g/mol. The lowest BCUT2D eigenvalue weighted by molar-refractivity contribution is -0.136. The minimum absolute atomic E-state index is 0.274. The Morgan fingerprint density at radius 3 is 2.67 bits per heavy atom. The van der Waals surface area contributed by atoms with Crippen LogP contribution in [0.4, 0.5) is 24.5 Å². The molecule has 0 radical (unpaired) electrons. The van der Waals surface area contributed by atoms with Gasteiger partial charge in [-0.05, 0) is 24.6 Å². The van der Waals surface area contributed by atoms with E-state index in [4.69, 9.17) is 5.73 Å². The number of nitrogen functional groups attached to an aromatic ring is 1. The van der Waals surface area contributed by atoms with E-state index in [1.54, 1.807) is 4.68 Å². The van der Waals surface area contributed by atoms with Crippen LogP contribution in [0.25, 0.3) is 0 Å². The number of alkyl halides is 3. The van der Waals surface area contributed by atoms with Gasteiger partial charge in [-0.3, -0.25) is 4.68 Å². The van der Waals surface area contributed by atoms with Gasteiger partial charge in [0.2, 0.25) is 0 Å². The monoisotopic (exact) mass is 298 g/mol. The van der Waals surface area contributed by atoms with Crippen LogP contribution >= 0.6 is 0 Å². The fourth-order valence-corrected chi connectivity index (χ4v) is 2.14. The molecule has 114 valence electrons. The van der Waals surface area contributed by atoms with Gasteiger partial charge >= 0.3 is 6.18 Å². The summed E-state index contributed by atoms with van der Waals surface area (Å²) in [6.07, 6.45) is -1.83. The predicted octanol–water partition coefficient (Wildman–Crippen LogP) is 3.20. The van der Waals surface area contributed by atoms with Gasteiger partial charge in [0.1, 0.15) is 0 Å². The van der Waals surface area contributed by atoms with E-state index in [2.05, 4.69) is 10.4 Å². The fraction of sp³-hybridized carbons (Fsp3) is 0.357. The second-order valence-corrected chi connectivity index (χ2v) is 4.78. The zero-order valence-corrected chi connectivity index (χ0v) is 11.8. The van der Waals surface area contributed by atoms with E-state index in [0.717, 1.165) is 23.7 Å². The summed E-state index contributed by atoms with van der Waals surface area (Å²) >= 11 is 0. The molecule has 2 aromatic rings. The Kier molecular flexibility index (Phi) is 4.11. The number of anilines is 2. The van der Waals surface area contributed by atoms with Crippen LogP contribution in [0, 0.1) is 0 Å². The number of hydrogen-bond acceptors (Lipinski definition) is 3. The second-order valence-electron chi connectivity index (χ2n) is 4.78. The summed E-state index contributed by atoms with van der Waals surface area (Å²) in [6.45, 7) is 2.40. The summed E-state index contributed by atoms with van der Waals surface area (Å²) in [7, 11) is 1.81. The van der Waals surface area contributed by atoms with Crippen molar-refractivity contribution in [3.8, 4) is 0 Å². The van der Waals surface area contributed by atoms with Gasteiger partial charge < -0.3 is 11.1 Å². The molecule has 0 aliphatic heterocycles. The largest absolute Gasteiger partial charge is 0.418 e. The zero-order chi connectivity index (χ0) is 15.6. The first-order chi connectivity index (χ1) is 9.81. The SMILES string of the molecule is CCc1nn(C)cc1CNc1ccc(N)c(C(F)(F)F)c1. The van der Waals surface area contributed by atoms with Crippen molar-refractivity contribution < 1.29 is 13.2 Å². The average Bonchev–Trinajstić information content (AvgIpc) is 2.77. The molecule has 0 aliphatic carbocycles. The quantitative estimate of drug-likeness (QED) is 0.852. The zero-order valence-electron chi connectivity index (χ0n) is 11.8. The van der Waals surface area contributed by atoms with Crippen molar-refractivity contribution in [2.45, 2.75) is 26.1 Å². The van der Waals surface area contributed by atoms with Crippen molar-refractivity contribution in [1.82, 2.24) is 9.78 Å². The molecule has 0 aliphatic rings. The summed E-state index contributed by atoms with van der Waals surface area (Å²) in [5.41, 5.74) is 6.54. The van der Waals surface area contributed by atoms with E-state index in [0.29, 0.717) is 12.2 Å². The molecule has 0 amide bonds. The lowest BCUT2D eigenvalue weighted by atomic mass is 10.1. The maximum Gasteiger partial charge on any atom is 0.418 e. The standard InChI is InChI=1S/C14H17F3N4/c1-3-13-9(8-21(2)20-13)7-19-10-4-5-12(18)11(6-10)14(15,16)17/h4-6,8,19H,3,7,18H2,1-2H3. The number of nitrogens with zero attached hydrogens (tertiary/aromatic N) is 2. The summed E-state index contributed by atoms with van der Waals surface area (Å²) < 4.78 is 40.1. The van der Waals surface area contributed by atoms with Gasteiger partial charge in [-0.25, -0.2) is 0 Å². The highest BCUT2D eigenvalue weighted by atomic mass is 19.4. The van der Waals surface area contributed by atoms with Gasteiger partial charge in [-0.2, -0.15) is 18.3 Å². The number of rotatable bonds is 4. The molecule has 0 fully saturated rings. The summed E-state index contributed by atoms with van der Waals surface area (Å²) in [5.74, 6) is 0. The van der Waals surface area contributed by atoms with Crippen molar-refractivity contribution >= 4 is 11.4 Å². The minimum Gasteiger partial charge on any atom is -0.398 e. The van der Waals surface area contributed by atoms with E-state index < -0.39 is 11.7 Å². The Labute approximate surface area is 120 Å². The number of benzene rings is 1. The number of nitrogens with two attached hydrogens (primary N) is 1. The van der Waals surface area contributed by atoms with Gasteiger partial charge in [0, 0.05) is 36.7 Å². The van der Waals surface area contributed by atoms with Gasteiger partial charge in [-0.15, -0.1) is 0 Å². The summed E-state index contributed by atoms with van der Waals surface area (Å²) in [6, 6.07) is 3.82. The lowest BCUT2D eigenvalue weighted by Gasteiger charge is -2.13. The molecule has 7 heteroatoms. The van der Waals surface area contributed by atoms with Gasteiger partial charge in [0.05, 0.1) is 11.3 Å². The van der Waals surface area contributed by atoms with E-state index in [1.165, 1.54) is 12.1 Å². The molecular formula is C14H17F3N4. The Morgan fingerprint density at radius 2 is 2.05 bits per heavy atom. The third-order valence-corrected chi connectivity index (χ3v) is 3.17. The van der Waals surface area contributed by atoms with Crippen molar-refractivity contribution in [1.29, 1.82) is 0 Å². The molecule has 1 aromatic carbocycles. The third kappa shape index (κ3) is 3.48. The molecule has 0 bridgehead atoms. The van der Waals surface area contributed by atoms with Crippen LogP contribution in [0.5, 0.6) is 0 Å². The third-order valence-electron chi connectivity index (χ3n) is 3.17. The molecule has 21 heavy (non-hydrogen) atoms. The van der Waals surface area contributed by atoms with Crippen LogP contribution in [-0.2, 0) is 26.2 Å². The number of nitrogens with one attached hydrogen (secondary N) is 1. The first kappa shape index (κ1) is 15.2. The molecule has 1 heterocycles. The normalized spacial score (nSPS) is 11.7. The molecule has 3 N–H and O–H groups in total. The first-order valence-corrected chi connectivity index (χ1v) is 6.53. The summed E-state index contributed by atoms with van der Waals surface area (Å²) in [5, 5.41) is 7.27. The molecule has 4 nitrogen and oxygen atoms in total. The van der Waals surface area contributed by atoms with Crippen LogP contribution in [-0.4, -0.2) is 9.78 Å².